The van der Waals surface area contributed by atoms with Crippen LogP contribution in [0.5, 0.6) is 0 Å². The summed E-state index contributed by atoms with van der Waals surface area (Å²) in [6.07, 6.45) is 1.11. The maximum absolute atomic E-state index is 13.6. The molecule has 1 aromatic rings. The SMILES string of the molecule is CC1(C)CCN(c2ccc(N)cc2F)C1. The van der Waals surface area contributed by atoms with E-state index in [0.717, 1.165) is 19.5 Å². The third kappa shape index (κ3) is 2.06. The Kier molecular flexibility index (Phi) is 2.33. The molecule has 0 aromatic heterocycles. The summed E-state index contributed by atoms with van der Waals surface area (Å²) in [5.74, 6) is -0.215. The van der Waals surface area contributed by atoms with E-state index < -0.39 is 0 Å². The molecule has 0 spiro atoms. The van der Waals surface area contributed by atoms with Gasteiger partial charge in [0.15, 0.2) is 0 Å². The van der Waals surface area contributed by atoms with Crippen LogP contribution in [-0.2, 0) is 0 Å². The Morgan fingerprint density at radius 1 is 1.40 bits per heavy atom. The zero-order chi connectivity index (χ0) is 11.1. The predicted octanol–water partition coefficient (Wildman–Crippen LogP) is 2.64. The first-order valence-corrected chi connectivity index (χ1v) is 5.28. The molecule has 1 heterocycles. The molecule has 0 saturated carbocycles. The van der Waals surface area contributed by atoms with Crippen LogP contribution in [0.25, 0.3) is 0 Å². The van der Waals surface area contributed by atoms with Crippen LogP contribution >= 0.6 is 0 Å². The van der Waals surface area contributed by atoms with Crippen molar-refractivity contribution in [3.63, 3.8) is 0 Å². The molecule has 2 N–H and O–H groups in total. The summed E-state index contributed by atoms with van der Waals surface area (Å²) in [6.45, 7) is 6.26. The molecule has 3 heteroatoms. The molecule has 2 rings (SSSR count). The fourth-order valence-corrected chi connectivity index (χ4v) is 2.10. The Labute approximate surface area is 89.9 Å². The molecule has 0 unspecified atom stereocenters. The number of benzene rings is 1. The molecule has 1 aromatic carbocycles. The van der Waals surface area contributed by atoms with Gasteiger partial charge >= 0.3 is 0 Å². The first-order valence-electron chi connectivity index (χ1n) is 5.28. The van der Waals surface area contributed by atoms with Gasteiger partial charge in [-0.3, -0.25) is 0 Å². The smallest absolute Gasteiger partial charge is 0.148 e. The largest absolute Gasteiger partial charge is 0.399 e. The highest BCUT2D eigenvalue weighted by Gasteiger charge is 2.30. The molecular weight excluding hydrogens is 191 g/mol. The summed E-state index contributed by atoms with van der Waals surface area (Å²) >= 11 is 0. The first-order chi connectivity index (χ1) is 6.98. The van der Waals surface area contributed by atoms with Gasteiger partial charge in [0.25, 0.3) is 0 Å². The molecule has 0 aliphatic carbocycles. The highest BCUT2D eigenvalue weighted by atomic mass is 19.1. The van der Waals surface area contributed by atoms with Crippen LogP contribution in [0.15, 0.2) is 18.2 Å². The topological polar surface area (TPSA) is 29.3 Å². The summed E-state index contributed by atoms with van der Waals surface area (Å²) in [7, 11) is 0. The Hall–Kier alpha value is -1.25. The number of rotatable bonds is 1. The minimum Gasteiger partial charge on any atom is -0.399 e. The standard InChI is InChI=1S/C12H17FN2/c1-12(2)5-6-15(8-12)11-4-3-9(14)7-10(11)13/h3-4,7H,5-6,8,14H2,1-2H3. The molecule has 1 aliphatic heterocycles. The number of halogens is 1. The first kappa shape index (κ1) is 10.3. The normalized spacial score (nSPS) is 19.5. The second-order valence-electron chi connectivity index (χ2n) is 5.05. The molecule has 2 nitrogen and oxygen atoms in total. The molecule has 0 bridgehead atoms. The van der Waals surface area contributed by atoms with E-state index in [9.17, 15) is 4.39 Å². The second kappa shape index (κ2) is 3.40. The van der Waals surface area contributed by atoms with Gasteiger partial charge in [0, 0.05) is 18.8 Å². The Morgan fingerprint density at radius 3 is 2.67 bits per heavy atom. The van der Waals surface area contributed by atoms with Crippen molar-refractivity contribution in [2.24, 2.45) is 5.41 Å². The molecule has 0 amide bonds. The number of anilines is 2. The summed E-state index contributed by atoms with van der Waals surface area (Å²) < 4.78 is 13.6. The van der Waals surface area contributed by atoms with Gasteiger partial charge in [-0.05, 0) is 30.0 Å². The number of hydrogen-bond donors (Lipinski definition) is 1. The van der Waals surface area contributed by atoms with Crippen molar-refractivity contribution in [2.75, 3.05) is 23.7 Å². The average Bonchev–Trinajstić information content (AvgIpc) is 2.46. The lowest BCUT2D eigenvalue weighted by Gasteiger charge is -2.22. The average molecular weight is 208 g/mol. The summed E-state index contributed by atoms with van der Waals surface area (Å²) in [5.41, 5.74) is 6.96. The molecule has 1 fully saturated rings. The lowest BCUT2D eigenvalue weighted by molar-refractivity contribution is 0.418. The zero-order valence-electron chi connectivity index (χ0n) is 9.26. The molecule has 0 atom stereocenters. The number of nitrogens with two attached hydrogens (primary N) is 1. The van der Waals surface area contributed by atoms with Crippen molar-refractivity contribution in [1.82, 2.24) is 0 Å². The van der Waals surface area contributed by atoms with Crippen molar-refractivity contribution in [2.45, 2.75) is 20.3 Å². The van der Waals surface area contributed by atoms with Crippen molar-refractivity contribution in [3.8, 4) is 0 Å². The van der Waals surface area contributed by atoms with Crippen molar-refractivity contribution >= 4 is 11.4 Å². The third-order valence-electron chi connectivity index (χ3n) is 2.99. The van der Waals surface area contributed by atoms with Crippen LogP contribution in [-0.4, -0.2) is 13.1 Å². The van der Waals surface area contributed by atoms with Crippen molar-refractivity contribution in [3.05, 3.63) is 24.0 Å². The summed E-state index contributed by atoms with van der Waals surface area (Å²) in [6, 6.07) is 4.91. The van der Waals surface area contributed by atoms with E-state index in [-0.39, 0.29) is 11.2 Å². The Morgan fingerprint density at radius 2 is 2.13 bits per heavy atom. The third-order valence-corrected chi connectivity index (χ3v) is 2.99. The molecule has 0 radical (unpaired) electrons. The fourth-order valence-electron chi connectivity index (χ4n) is 2.10. The fraction of sp³-hybridized carbons (Fsp3) is 0.500. The number of hydrogen-bond acceptors (Lipinski definition) is 2. The molecule has 1 saturated heterocycles. The monoisotopic (exact) mass is 208 g/mol. The van der Waals surface area contributed by atoms with Crippen LogP contribution in [0.4, 0.5) is 15.8 Å². The van der Waals surface area contributed by atoms with E-state index in [1.807, 2.05) is 0 Å². The van der Waals surface area contributed by atoms with Gasteiger partial charge in [0.1, 0.15) is 5.82 Å². The van der Waals surface area contributed by atoms with Gasteiger partial charge in [-0.15, -0.1) is 0 Å². The minimum atomic E-state index is -0.215. The van der Waals surface area contributed by atoms with Gasteiger partial charge in [0.05, 0.1) is 5.69 Å². The van der Waals surface area contributed by atoms with Gasteiger partial charge in [0.2, 0.25) is 0 Å². The molecular formula is C12H17FN2. The number of nitrogen functional groups attached to an aromatic ring is 1. The number of nitrogens with zero attached hydrogens (tertiary/aromatic N) is 1. The van der Waals surface area contributed by atoms with E-state index in [4.69, 9.17) is 5.73 Å². The lowest BCUT2D eigenvalue weighted by Crippen LogP contribution is -2.23. The van der Waals surface area contributed by atoms with Crippen LogP contribution in [0, 0.1) is 11.2 Å². The molecule has 82 valence electrons. The van der Waals surface area contributed by atoms with Gasteiger partial charge < -0.3 is 10.6 Å². The van der Waals surface area contributed by atoms with Crippen molar-refractivity contribution < 1.29 is 4.39 Å². The summed E-state index contributed by atoms with van der Waals surface area (Å²) in [4.78, 5) is 2.09. The van der Waals surface area contributed by atoms with Gasteiger partial charge in [-0.2, -0.15) is 0 Å². The Balaban J connectivity index is 2.24. The van der Waals surface area contributed by atoms with E-state index >= 15 is 0 Å². The maximum atomic E-state index is 13.6. The van der Waals surface area contributed by atoms with Gasteiger partial charge in [-0.25, -0.2) is 4.39 Å². The van der Waals surface area contributed by atoms with Crippen LogP contribution < -0.4 is 10.6 Å². The van der Waals surface area contributed by atoms with Crippen molar-refractivity contribution in [1.29, 1.82) is 0 Å². The second-order valence-corrected chi connectivity index (χ2v) is 5.05. The zero-order valence-corrected chi connectivity index (χ0v) is 9.26. The maximum Gasteiger partial charge on any atom is 0.148 e. The molecule has 15 heavy (non-hydrogen) atoms. The minimum absolute atomic E-state index is 0.215. The summed E-state index contributed by atoms with van der Waals surface area (Å²) in [5, 5.41) is 0. The quantitative estimate of drug-likeness (QED) is 0.719. The van der Waals surface area contributed by atoms with E-state index in [1.54, 1.807) is 12.1 Å². The van der Waals surface area contributed by atoms with Gasteiger partial charge in [-0.1, -0.05) is 13.8 Å². The van der Waals surface area contributed by atoms with E-state index in [0.29, 0.717) is 11.4 Å². The lowest BCUT2D eigenvalue weighted by atomic mass is 9.93. The van der Waals surface area contributed by atoms with E-state index in [2.05, 4.69) is 18.7 Å². The van der Waals surface area contributed by atoms with E-state index in [1.165, 1.54) is 6.07 Å². The highest BCUT2D eigenvalue weighted by molar-refractivity contribution is 5.55. The highest BCUT2D eigenvalue weighted by Crippen LogP contribution is 2.33. The van der Waals surface area contributed by atoms with Crippen LogP contribution in [0.1, 0.15) is 20.3 Å². The van der Waals surface area contributed by atoms with Crippen LogP contribution in [0.2, 0.25) is 0 Å². The predicted molar refractivity (Wildman–Crippen MR) is 61.4 cm³/mol. The van der Waals surface area contributed by atoms with Crippen LogP contribution in [0.3, 0.4) is 0 Å². The Bertz CT molecular complexity index is 374. The molecule has 1 aliphatic rings.